The van der Waals surface area contributed by atoms with Crippen LogP contribution in [-0.2, 0) is 11.3 Å². The Morgan fingerprint density at radius 2 is 2.50 bits per heavy atom. The van der Waals surface area contributed by atoms with Gasteiger partial charge in [0.15, 0.2) is 0 Å². The quantitative estimate of drug-likeness (QED) is 0.781. The minimum atomic E-state index is -0.139. The molecule has 2 unspecified atom stereocenters. The van der Waals surface area contributed by atoms with Crippen molar-refractivity contribution >= 4 is 5.91 Å². The molecule has 100 valence electrons. The Bertz CT molecular complexity index is 405. The average Bonchev–Trinajstić information content (AvgIpc) is 2.98. The fourth-order valence-electron chi connectivity index (χ4n) is 2.36. The molecule has 1 heterocycles. The van der Waals surface area contributed by atoms with Crippen LogP contribution in [0.1, 0.15) is 29.8 Å². The number of nitrogens with zero attached hydrogens (tertiary/aromatic N) is 2. The number of hydrogen-bond acceptors (Lipinski definition) is 4. The largest absolute Gasteiger partial charge is 0.379 e. The number of nitrogens with two attached hydrogens (primary N) is 1. The van der Waals surface area contributed by atoms with Gasteiger partial charge in [-0.3, -0.25) is 4.79 Å². The molecule has 0 radical (unpaired) electrons. The number of methoxy groups -OCH3 is 1. The van der Waals surface area contributed by atoms with Gasteiger partial charge in [-0.15, -0.1) is 0 Å². The number of ether oxygens (including phenoxy) is 1. The molecule has 6 nitrogen and oxygen atoms in total. The van der Waals surface area contributed by atoms with E-state index in [-0.39, 0.29) is 18.1 Å². The van der Waals surface area contributed by atoms with Gasteiger partial charge >= 0.3 is 0 Å². The summed E-state index contributed by atoms with van der Waals surface area (Å²) in [7, 11) is 1.69. The molecule has 0 saturated heterocycles. The van der Waals surface area contributed by atoms with Gasteiger partial charge in [-0.05, 0) is 19.3 Å². The summed E-state index contributed by atoms with van der Waals surface area (Å²) < 4.78 is 7.16. The van der Waals surface area contributed by atoms with E-state index in [1.165, 1.54) is 0 Å². The lowest BCUT2D eigenvalue weighted by atomic mass is 10.2. The highest BCUT2D eigenvalue weighted by Crippen LogP contribution is 2.21. The Morgan fingerprint density at radius 3 is 3.22 bits per heavy atom. The Balaban J connectivity index is 1.94. The van der Waals surface area contributed by atoms with Crippen LogP contribution >= 0.6 is 0 Å². The van der Waals surface area contributed by atoms with Crippen LogP contribution < -0.4 is 11.1 Å². The van der Waals surface area contributed by atoms with E-state index in [1.54, 1.807) is 19.6 Å². The Labute approximate surface area is 107 Å². The van der Waals surface area contributed by atoms with E-state index in [0.29, 0.717) is 18.8 Å². The van der Waals surface area contributed by atoms with E-state index in [4.69, 9.17) is 10.5 Å². The number of hydrogen-bond donors (Lipinski definition) is 2. The van der Waals surface area contributed by atoms with Gasteiger partial charge in [-0.25, -0.2) is 4.98 Å². The third-order valence-corrected chi connectivity index (χ3v) is 3.32. The van der Waals surface area contributed by atoms with Gasteiger partial charge in [0.1, 0.15) is 5.69 Å². The summed E-state index contributed by atoms with van der Waals surface area (Å²) in [4.78, 5) is 16.1. The number of aromatic nitrogens is 2. The van der Waals surface area contributed by atoms with Gasteiger partial charge in [-0.2, -0.15) is 0 Å². The number of nitrogens with one attached hydrogen (secondary N) is 1. The normalized spacial score (nSPS) is 23.2. The third-order valence-electron chi connectivity index (χ3n) is 3.32. The fraction of sp³-hybridized carbons (Fsp3) is 0.667. The molecule has 0 bridgehead atoms. The molecule has 0 spiro atoms. The standard InChI is InChI=1S/C12H20N4O2/c1-18-11-4-2-3-9(11)15-12(17)10-7-16(6-5-13)8-14-10/h7-9,11H,2-6,13H2,1H3,(H,15,17). The minimum Gasteiger partial charge on any atom is -0.379 e. The molecule has 2 rings (SSSR count). The zero-order chi connectivity index (χ0) is 13.0. The highest BCUT2D eigenvalue weighted by atomic mass is 16.5. The molecule has 0 aliphatic heterocycles. The van der Waals surface area contributed by atoms with Crippen molar-refractivity contribution in [1.82, 2.24) is 14.9 Å². The Kier molecular flexibility index (Phi) is 4.33. The summed E-state index contributed by atoms with van der Waals surface area (Å²) >= 11 is 0. The predicted molar refractivity (Wildman–Crippen MR) is 67.2 cm³/mol. The van der Waals surface area contributed by atoms with Crippen molar-refractivity contribution < 1.29 is 9.53 Å². The lowest BCUT2D eigenvalue weighted by molar-refractivity contribution is 0.0719. The minimum absolute atomic E-state index is 0.0992. The molecule has 1 aromatic rings. The first-order valence-corrected chi connectivity index (χ1v) is 6.30. The van der Waals surface area contributed by atoms with Gasteiger partial charge in [0.25, 0.3) is 5.91 Å². The van der Waals surface area contributed by atoms with E-state index in [0.717, 1.165) is 19.3 Å². The molecule has 0 aromatic carbocycles. The summed E-state index contributed by atoms with van der Waals surface area (Å²) in [5.74, 6) is -0.139. The number of imidazole rings is 1. The number of carbonyl (C=O) groups excluding carboxylic acids is 1. The molecule has 1 fully saturated rings. The van der Waals surface area contributed by atoms with Crippen LogP contribution in [0.25, 0.3) is 0 Å². The molecule has 1 saturated carbocycles. The maximum absolute atomic E-state index is 12.0. The van der Waals surface area contributed by atoms with Crippen LogP contribution in [0.15, 0.2) is 12.5 Å². The van der Waals surface area contributed by atoms with Gasteiger partial charge in [0.05, 0.1) is 18.5 Å². The van der Waals surface area contributed by atoms with Crippen molar-refractivity contribution in [3.05, 3.63) is 18.2 Å². The van der Waals surface area contributed by atoms with Crippen LogP contribution in [0.2, 0.25) is 0 Å². The first-order chi connectivity index (χ1) is 8.74. The molecule has 2 atom stereocenters. The summed E-state index contributed by atoms with van der Waals surface area (Å²) in [5.41, 5.74) is 5.88. The number of rotatable bonds is 5. The van der Waals surface area contributed by atoms with Gasteiger partial charge in [0.2, 0.25) is 0 Å². The fourth-order valence-corrected chi connectivity index (χ4v) is 2.36. The van der Waals surface area contributed by atoms with E-state index in [9.17, 15) is 4.79 Å². The maximum Gasteiger partial charge on any atom is 0.271 e. The van der Waals surface area contributed by atoms with E-state index in [1.807, 2.05) is 4.57 Å². The molecule has 1 aromatic heterocycles. The number of carbonyl (C=O) groups is 1. The van der Waals surface area contributed by atoms with Crippen molar-refractivity contribution in [1.29, 1.82) is 0 Å². The van der Waals surface area contributed by atoms with Gasteiger partial charge in [0, 0.05) is 26.4 Å². The molecule has 1 amide bonds. The number of amides is 1. The zero-order valence-electron chi connectivity index (χ0n) is 10.6. The Hall–Kier alpha value is -1.40. The summed E-state index contributed by atoms with van der Waals surface area (Å²) in [5, 5.41) is 2.98. The first-order valence-electron chi connectivity index (χ1n) is 6.30. The summed E-state index contributed by atoms with van der Waals surface area (Å²) in [6.07, 6.45) is 6.53. The maximum atomic E-state index is 12.0. The predicted octanol–water partition coefficient (Wildman–Crippen LogP) is 0.139. The molecule has 6 heteroatoms. The Morgan fingerprint density at radius 1 is 1.67 bits per heavy atom. The zero-order valence-corrected chi connectivity index (χ0v) is 10.6. The second-order valence-electron chi connectivity index (χ2n) is 4.57. The van der Waals surface area contributed by atoms with E-state index in [2.05, 4.69) is 10.3 Å². The van der Waals surface area contributed by atoms with Crippen molar-refractivity contribution in [3.63, 3.8) is 0 Å². The highest BCUT2D eigenvalue weighted by molar-refractivity contribution is 5.92. The molecule has 18 heavy (non-hydrogen) atoms. The van der Waals surface area contributed by atoms with Gasteiger partial charge < -0.3 is 20.4 Å². The molecular weight excluding hydrogens is 232 g/mol. The summed E-state index contributed by atoms with van der Waals surface area (Å²) in [6.45, 7) is 1.20. The van der Waals surface area contributed by atoms with Crippen LogP contribution in [0.3, 0.4) is 0 Å². The molecule has 1 aliphatic rings. The smallest absolute Gasteiger partial charge is 0.271 e. The molecule has 1 aliphatic carbocycles. The second kappa shape index (κ2) is 5.97. The van der Waals surface area contributed by atoms with Crippen LogP contribution in [0.5, 0.6) is 0 Å². The van der Waals surface area contributed by atoms with E-state index < -0.39 is 0 Å². The van der Waals surface area contributed by atoms with E-state index >= 15 is 0 Å². The third kappa shape index (κ3) is 2.88. The molecular formula is C12H20N4O2. The van der Waals surface area contributed by atoms with Crippen molar-refractivity contribution in [3.8, 4) is 0 Å². The van der Waals surface area contributed by atoms with Crippen molar-refractivity contribution in [2.75, 3.05) is 13.7 Å². The van der Waals surface area contributed by atoms with Crippen molar-refractivity contribution in [2.45, 2.75) is 38.0 Å². The van der Waals surface area contributed by atoms with Crippen LogP contribution in [0.4, 0.5) is 0 Å². The average molecular weight is 252 g/mol. The topological polar surface area (TPSA) is 82.2 Å². The highest BCUT2D eigenvalue weighted by Gasteiger charge is 2.29. The van der Waals surface area contributed by atoms with Crippen LogP contribution in [-0.4, -0.2) is 41.3 Å². The lowest BCUT2D eigenvalue weighted by Crippen LogP contribution is -2.40. The van der Waals surface area contributed by atoms with Crippen molar-refractivity contribution in [2.24, 2.45) is 5.73 Å². The lowest BCUT2D eigenvalue weighted by Gasteiger charge is -2.18. The monoisotopic (exact) mass is 252 g/mol. The second-order valence-corrected chi connectivity index (χ2v) is 4.57. The molecule has 3 N–H and O–H groups in total. The first kappa shape index (κ1) is 13.0. The van der Waals surface area contributed by atoms with Crippen LogP contribution in [0, 0.1) is 0 Å². The SMILES string of the molecule is COC1CCCC1NC(=O)c1cn(CCN)cn1. The summed E-state index contributed by atoms with van der Waals surface area (Å²) in [6, 6.07) is 0.0992. The van der Waals surface area contributed by atoms with Gasteiger partial charge in [-0.1, -0.05) is 0 Å².